The molecule has 2 aliphatic carbocycles. The van der Waals surface area contributed by atoms with Crippen LogP contribution in [0.1, 0.15) is 44.1 Å². The van der Waals surface area contributed by atoms with E-state index in [2.05, 4.69) is 19.1 Å². The van der Waals surface area contributed by atoms with Crippen LogP contribution in [0.25, 0.3) is 11.5 Å². The lowest BCUT2D eigenvalue weighted by atomic mass is 9.92. The molecule has 2 atom stereocenters. The van der Waals surface area contributed by atoms with Gasteiger partial charge in [-0.1, -0.05) is 37.3 Å². The molecule has 2 unspecified atom stereocenters. The predicted octanol–water partition coefficient (Wildman–Crippen LogP) is 5.09. The summed E-state index contributed by atoms with van der Waals surface area (Å²) in [5.41, 5.74) is 4.76. The van der Waals surface area contributed by atoms with Crippen molar-refractivity contribution >= 4 is 6.29 Å². The van der Waals surface area contributed by atoms with Gasteiger partial charge >= 0.3 is 0 Å². The third kappa shape index (κ3) is 4.02. The number of fused-ring (bicyclic) bond motifs is 1. The van der Waals surface area contributed by atoms with Crippen molar-refractivity contribution in [2.24, 2.45) is 5.92 Å². The molecule has 2 aliphatic rings. The molecule has 0 bridgehead atoms. The first-order valence-electron chi connectivity index (χ1n) is 10.3. The highest BCUT2D eigenvalue weighted by Crippen LogP contribution is 2.40. The van der Waals surface area contributed by atoms with E-state index in [1.165, 1.54) is 11.1 Å². The summed E-state index contributed by atoms with van der Waals surface area (Å²) in [5.74, 6) is 2.05. The molecule has 0 spiro atoms. The Bertz CT molecular complexity index is 879. The highest BCUT2D eigenvalue weighted by molar-refractivity contribution is 5.54. The molecule has 1 aromatic heterocycles. The van der Waals surface area contributed by atoms with Crippen molar-refractivity contribution in [1.82, 2.24) is 4.98 Å². The van der Waals surface area contributed by atoms with Gasteiger partial charge in [-0.2, -0.15) is 0 Å². The van der Waals surface area contributed by atoms with Crippen LogP contribution in [0, 0.1) is 5.92 Å². The SMILES string of the molecule is CCc1oc(-c2ccccc2)nc1CCOC1C=C2CCC(CC=O)C2=CC1. The van der Waals surface area contributed by atoms with E-state index in [0.29, 0.717) is 24.8 Å². The molecule has 0 radical (unpaired) electrons. The molecule has 4 rings (SSSR count). The number of ether oxygens (including phenoxy) is 1. The molecule has 1 heterocycles. The van der Waals surface area contributed by atoms with Crippen LogP contribution in [0.5, 0.6) is 0 Å². The summed E-state index contributed by atoms with van der Waals surface area (Å²) >= 11 is 0. The normalized spacial score (nSPS) is 21.2. The van der Waals surface area contributed by atoms with E-state index in [9.17, 15) is 4.79 Å². The van der Waals surface area contributed by atoms with Crippen LogP contribution in [-0.2, 0) is 22.4 Å². The van der Waals surface area contributed by atoms with Gasteiger partial charge in [0.2, 0.25) is 5.89 Å². The molecule has 4 heteroatoms. The largest absolute Gasteiger partial charge is 0.441 e. The summed E-state index contributed by atoms with van der Waals surface area (Å²) in [7, 11) is 0. The van der Waals surface area contributed by atoms with Crippen LogP contribution in [-0.4, -0.2) is 24.0 Å². The summed E-state index contributed by atoms with van der Waals surface area (Å²) in [6.07, 6.45) is 11.0. The van der Waals surface area contributed by atoms with Crippen LogP contribution in [0.4, 0.5) is 0 Å². The summed E-state index contributed by atoms with van der Waals surface area (Å²) in [6.45, 7) is 2.72. The van der Waals surface area contributed by atoms with Gasteiger partial charge in [-0.05, 0) is 48.5 Å². The van der Waals surface area contributed by atoms with Gasteiger partial charge in [-0.15, -0.1) is 0 Å². The molecule has 28 heavy (non-hydrogen) atoms. The second kappa shape index (κ2) is 8.70. The van der Waals surface area contributed by atoms with Crippen molar-refractivity contribution in [3.05, 3.63) is 65.1 Å². The van der Waals surface area contributed by atoms with Crippen LogP contribution < -0.4 is 0 Å². The zero-order valence-electron chi connectivity index (χ0n) is 16.4. The minimum atomic E-state index is 0.124. The van der Waals surface area contributed by atoms with E-state index in [4.69, 9.17) is 14.1 Å². The van der Waals surface area contributed by atoms with Crippen molar-refractivity contribution in [1.29, 1.82) is 0 Å². The number of nitrogens with zero attached hydrogens (tertiary/aromatic N) is 1. The average Bonchev–Trinajstić information content (AvgIpc) is 3.33. The second-order valence-electron chi connectivity index (χ2n) is 7.49. The lowest BCUT2D eigenvalue weighted by Crippen LogP contribution is -2.16. The van der Waals surface area contributed by atoms with Gasteiger partial charge in [0, 0.05) is 24.8 Å². The van der Waals surface area contributed by atoms with Gasteiger partial charge in [0.1, 0.15) is 12.0 Å². The Kier molecular flexibility index (Phi) is 5.87. The summed E-state index contributed by atoms with van der Waals surface area (Å²) in [4.78, 5) is 15.5. The van der Waals surface area contributed by atoms with Crippen molar-refractivity contribution < 1.29 is 13.9 Å². The fourth-order valence-electron chi connectivity index (χ4n) is 4.25. The number of hydrogen-bond acceptors (Lipinski definition) is 4. The molecule has 146 valence electrons. The third-order valence-corrected chi connectivity index (χ3v) is 5.70. The lowest BCUT2D eigenvalue weighted by Gasteiger charge is -2.20. The number of hydrogen-bond donors (Lipinski definition) is 0. The molecule has 1 saturated carbocycles. The molecule has 1 aromatic carbocycles. The highest BCUT2D eigenvalue weighted by Gasteiger charge is 2.28. The van der Waals surface area contributed by atoms with Gasteiger partial charge in [-0.3, -0.25) is 0 Å². The number of rotatable bonds is 8. The first kappa shape index (κ1) is 18.9. The zero-order valence-corrected chi connectivity index (χ0v) is 16.4. The number of aromatic nitrogens is 1. The first-order valence-corrected chi connectivity index (χ1v) is 10.3. The van der Waals surface area contributed by atoms with Crippen LogP contribution >= 0.6 is 0 Å². The highest BCUT2D eigenvalue weighted by atomic mass is 16.5. The number of carbonyl (C=O) groups excluding carboxylic acids is 1. The molecule has 0 aliphatic heterocycles. The fraction of sp³-hybridized carbons (Fsp3) is 0.417. The number of aryl methyl sites for hydroxylation is 1. The topological polar surface area (TPSA) is 52.3 Å². The van der Waals surface area contributed by atoms with E-state index < -0.39 is 0 Å². The van der Waals surface area contributed by atoms with Gasteiger partial charge in [-0.25, -0.2) is 4.98 Å². The third-order valence-electron chi connectivity index (χ3n) is 5.70. The van der Waals surface area contributed by atoms with E-state index in [1.54, 1.807) is 0 Å². The first-order chi connectivity index (χ1) is 13.8. The summed E-state index contributed by atoms with van der Waals surface area (Å²) < 4.78 is 12.1. The Hall–Kier alpha value is -2.46. The number of benzene rings is 1. The monoisotopic (exact) mass is 377 g/mol. The van der Waals surface area contributed by atoms with E-state index >= 15 is 0 Å². The van der Waals surface area contributed by atoms with E-state index in [0.717, 1.165) is 55.4 Å². The minimum Gasteiger partial charge on any atom is -0.441 e. The summed E-state index contributed by atoms with van der Waals surface area (Å²) in [5, 5.41) is 0. The van der Waals surface area contributed by atoms with Crippen LogP contribution in [0.3, 0.4) is 0 Å². The Balaban J connectivity index is 1.35. The van der Waals surface area contributed by atoms with Crippen LogP contribution in [0.15, 0.2) is 58.0 Å². The maximum atomic E-state index is 10.8. The Morgan fingerprint density at radius 2 is 2.14 bits per heavy atom. The van der Waals surface area contributed by atoms with E-state index in [-0.39, 0.29) is 6.10 Å². The van der Waals surface area contributed by atoms with Crippen molar-refractivity contribution in [3.63, 3.8) is 0 Å². The maximum Gasteiger partial charge on any atom is 0.226 e. The van der Waals surface area contributed by atoms with Gasteiger partial charge in [0.15, 0.2) is 0 Å². The van der Waals surface area contributed by atoms with Gasteiger partial charge in [0.25, 0.3) is 0 Å². The number of aldehydes is 1. The Labute approximate surface area is 166 Å². The van der Waals surface area contributed by atoms with Gasteiger partial charge in [0.05, 0.1) is 18.4 Å². The predicted molar refractivity (Wildman–Crippen MR) is 109 cm³/mol. The molecule has 0 amide bonds. The zero-order chi connectivity index (χ0) is 19.3. The molecule has 4 nitrogen and oxygen atoms in total. The Morgan fingerprint density at radius 3 is 2.93 bits per heavy atom. The maximum absolute atomic E-state index is 10.8. The molecular weight excluding hydrogens is 350 g/mol. The van der Waals surface area contributed by atoms with Crippen molar-refractivity contribution in [2.45, 2.75) is 51.6 Å². The quantitative estimate of drug-likeness (QED) is 0.602. The number of oxazole rings is 1. The number of allylic oxidation sites excluding steroid dienone is 2. The molecule has 2 aromatic rings. The minimum absolute atomic E-state index is 0.124. The van der Waals surface area contributed by atoms with E-state index in [1.807, 2.05) is 30.3 Å². The molecule has 1 fully saturated rings. The van der Waals surface area contributed by atoms with Gasteiger partial charge < -0.3 is 13.9 Å². The standard InChI is InChI=1S/C24H27NO3/c1-2-23-22(25-24(28-23)18-6-4-3-5-7-18)13-15-27-20-10-11-21-17(12-14-26)8-9-19(21)16-20/h3-7,11,14,16-17,20H,2,8-10,12-13,15H2,1H3. The van der Waals surface area contributed by atoms with Crippen LogP contribution in [0.2, 0.25) is 0 Å². The molecule has 0 saturated heterocycles. The second-order valence-corrected chi connectivity index (χ2v) is 7.49. The Morgan fingerprint density at radius 1 is 1.29 bits per heavy atom. The fourth-order valence-corrected chi connectivity index (χ4v) is 4.25. The smallest absolute Gasteiger partial charge is 0.226 e. The summed E-state index contributed by atoms with van der Waals surface area (Å²) in [6, 6.07) is 10.0. The lowest BCUT2D eigenvalue weighted by molar-refractivity contribution is -0.108. The molecular formula is C24H27NO3. The van der Waals surface area contributed by atoms with Crippen molar-refractivity contribution in [3.8, 4) is 11.5 Å². The number of carbonyl (C=O) groups is 1. The average molecular weight is 377 g/mol. The molecule has 0 N–H and O–H groups in total. The van der Waals surface area contributed by atoms with Crippen molar-refractivity contribution in [2.75, 3.05) is 6.61 Å².